The monoisotopic (exact) mass is 346 g/mol. The lowest BCUT2D eigenvalue weighted by Gasteiger charge is -2.15. The molecule has 1 unspecified atom stereocenters. The molecule has 0 saturated heterocycles. The zero-order valence-electron chi connectivity index (χ0n) is 12.4. The highest BCUT2D eigenvalue weighted by molar-refractivity contribution is 9.10. The van der Waals surface area contributed by atoms with Crippen LogP contribution in [0.2, 0.25) is 0 Å². The second-order valence-corrected chi connectivity index (χ2v) is 6.32. The van der Waals surface area contributed by atoms with Crippen LogP contribution in [0.3, 0.4) is 0 Å². The molecule has 4 heteroatoms. The molecular formula is C17H19BrN2O. The molecule has 2 aromatic rings. The highest BCUT2D eigenvalue weighted by atomic mass is 79.9. The summed E-state index contributed by atoms with van der Waals surface area (Å²) in [5.41, 5.74) is 2.94. The average molecular weight is 347 g/mol. The normalized spacial score (nSPS) is 12.2. The molecule has 21 heavy (non-hydrogen) atoms. The van der Waals surface area contributed by atoms with Crippen molar-refractivity contribution < 1.29 is 4.79 Å². The molecule has 0 fully saturated rings. The Kier molecular flexibility index (Phi) is 5.12. The summed E-state index contributed by atoms with van der Waals surface area (Å²) in [6.07, 6.45) is 3.22. The fraction of sp³-hybridized carbons (Fsp3) is 0.294. The summed E-state index contributed by atoms with van der Waals surface area (Å²) in [6.45, 7) is 6.31. The smallest absolute Gasteiger partial charge is 0.253 e. The van der Waals surface area contributed by atoms with Crippen LogP contribution in [-0.4, -0.2) is 10.9 Å². The van der Waals surface area contributed by atoms with Gasteiger partial charge < -0.3 is 5.32 Å². The number of benzene rings is 1. The van der Waals surface area contributed by atoms with Crippen LogP contribution < -0.4 is 5.32 Å². The van der Waals surface area contributed by atoms with E-state index in [2.05, 4.69) is 64.3 Å². The number of aromatic nitrogens is 1. The Morgan fingerprint density at radius 2 is 1.71 bits per heavy atom. The van der Waals surface area contributed by atoms with Gasteiger partial charge >= 0.3 is 0 Å². The van der Waals surface area contributed by atoms with Crippen LogP contribution in [0.25, 0.3) is 0 Å². The molecule has 0 spiro atoms. The van der Waals surface area contributed by atoms with E-state index in [1.54, 1.807) is 18.5 Å². The molecule has 3 nitrogen and oxygen atoms in total. The van der Waals surface area contributed by atoms with Gasteiger partial charge in [-0.15, -0.1) is 0 Å². The van der Waals surface area contributed by atoms with Crippen LogP contribution in [-0.2, 0) is 0 Å². The van der Waals surface area contributed by atoms with Crippen LogP contribution in [0.4, 0.5) is 0 Å². The van der Waals surface area contributed by atoms with Gasteiger partial charge in [-0.2, -0.15) is 0 Å². The lowest BCUT2D eigenvalue weighted by atomic mass is 9.99. The number of rotatable bonds is 4. The first-order valence-corrected chi connectivity index (χ1v) is 7.78. The van der Waals surface area contributed by atoms with Gasteiger partial charge in [-0.1, -0.05) is 38.1 Å². The van der Waals surface area contributed by atoms with E-state index in [1.807, 2.05) is 6.92 Å². The molecule has 0 aliphatic carbocycles. The predicted molar refractivity (Wildman–Crippen MR) is 88.3 cm³/mol. The maximum Gasteiger partial charge on any atom is 0.253 e. The Bertz CT molecular complexity index is 623. The summed E-state index contributed by atoms with van der Waals surface area (Å²) >= 11 is 3.32. The topological polar surface area (TPSA) is 42.0 Å². The summed E-state index contributed by atoms with van der Waals surface area (Å²) < 4.78 is 0.795. The minimum Gasteiger partial charge on any atom is -0.345 e. The second-order valence-electron chi connectivity index (χ2n) is 5.41. The van der Waals surface area contributed by atoms with Crippen molar-refractivity contribution in [3.05, 3.63) is 63.9 Å². The number of amides is 1. The van der Waals surface area contributed by atoms with Gasteiger partial charge in [-0.3, -0.25) is 9.78 Å². The second kappa shape index (κ2) is 6.85. The number of carbonyl (C=O) groups excluding carboxylic acids is 1. The molecule has 0 aliphatic heterocycles. The van der Waals surface area contributed by atoms with E-state index in [-0.39, 0.29) is 11.9 Å². The quantitative estimate of drug-likeness (QED) is 0.887. The highest BCUT2D eigenvalue weighted by Gasteiger charge is 2.12. The SMILES string of the molecule is CC(C)c1ccc(C(C)NC(=O)c2cncc(Br)c2)cc1. The zero-order valence-corrected chi connectivity index (χ0v) is 14.0. The third-order valence-corrected chi connectivity index (χ3v) is 3.85. The first-order chi connectivity index (χ1) is 9.97. The third-order valence-electron chi connectivity index (χ3n) is 3.42. The fourth-order valence-electron chi connectivity index (χ4n) is 2.07. The number of nitrogens with zero attached hydrogens (tertiary/aromatic N) is 1. The molecule has 1 aromatic heterocycles. The Balaban J connectivity index is 2.07. The van der Waals surface area contributed by atoms with Gasteiger partial charge in [0.2, 0.25) is 0 Å². The molecule has 1 atom stereocenters. The molecule has 1 heterocycles. The van der Waals surface area contributed by atoms with E-state index in [0.717, 1.165) is 10.0 Å². The molecule has 0 bridgehead atoms. The van der Waals surface area contributed by atoms with Gasteiger partial charge in [0, 0.05) is 16.9 Å². The summed E-state index contributed by atoms with van der Waals surface area (Å²) in [4.78, 5) is 16.2. The van der Waals surface area contributed by atoms with Gasteiger partial charge in [0.05, 0.1) is 11.6 Å². The first-order valence-electron chi connectivity index (χ1n) is 6.98. The highest BCUT2D eigenvalue weighted by Crippen LogP contribution is 2.19. The van der Waals surface area contributed by atoms with E-state index in [9.17, 15) is 4.79 Å². The van der Waals surface area contributed by atoms with E-state index in [0.29, 0.717) is 11.5 Å². The van der Waals surface area contributed by atoms with Crippen molar-refractivity contribution in [2.75, 3.05) is 0 Å². The van der Waals surface area contributed by atoms with Gasteiger partial charge in [-0.25, -0.2) is 0 Å². The van der Waals surface area contributed by atoms with E-state index < -0.39 is 0 Å². The van der Waals surface area contributed by atoms with Crippen molar-refractivity contribution in [3.8, 4) is 0 Å². The van der Waals surface area contributed by atoms with Crippen LogP contribution in [0.15, 0.2) is 47.2 Å². The van der Waals surface area contributed by atoms with E-state index >= 15 is 0 Å². The van der Waals surface area contributed by atoms with Crippen molar-refractivity contribution in [1.29, 1.82) is 0 Å². The molecule has 1 N–H and O–H groups in total. The summed E-state index contributed by atoms with van der Waals surface area (Å²) in [6, 6.07) is 10.1. The van der Waals surface area contributed by atoms with E-state index in [4.69, 9.17) is 0 Å². The fourth-order valence-corrected chi connectivity index (χ4v) is 2.43. The lowest BCUT2D eigenvalue weighted by Crippen LogP contribution is -2.26. The Labute approximate surface area is 133 Å². The van der Waals surface area contributed by atoms with Crippen molar-refractivity contribution in [3.63, 3.8) is 0 Å². The first kappa shape index (κ1) is 15.7. The Hall–Kier alpha value is -1.68. The summed E-state index contributed by atoms with van der Waals surface area (Å²) in [5.74, 6) is 0.390. The van der Waals surface area contributed by atoms with Gasteiger partial charge in [0.1, 0.15) is 0 Å². The van der Waals surface area contributed by atoms with Gasteiger partial charge in [0.15, 0.2) is 0 Å². The van der Waals surface area contributed by atoms with Gasteiger partial charge in [0.25, 0.3) is 5.91 Å². The van der Waals surface area contributed by atoms with Crippen molar-refractivity contribution in [1.82, 2.24) is 10.3 Å². The van der Waals surface area contributed by atoms with Crippen LogP contribution in [0, 0.1) is 0 Å². The molecule has 1 aromatic carbocycles. The zero-order chi connectivity index (χ0) is 15.4. The summed E-state index contributed by atoms with van der Waals surface area (Å²) in [5, 5.41) is 2.99. The number of halogens is 1. The standard InChI is InChI=1S/C17H19BrN2O/c1-11(2)13-4-6-14(7-5-13)12(3)20-17(21)15-8-16(18)10-19-9-15/h4-12H,1-3H3,(H,20,21). The minimum absolute atomic E-state index is 0.0438. The largest absolute Gasteiger partial charge is 0.345 e. The molecule has 0 radical (unpaired) electrons. The molecule has 2 rings (SSSR count). The third kappa shape index (κ3) is 4.14. The molecular weight excluding hydrogens is 328 g/mol. The van der Waals surface area contributed by atoms with Crippen molar-refractivity contribution in [2.45, 2.75) is 32.7 Å². The van der Waals surface area contributed by atoms with E-state index in [1.165, 1.54) is 5.56 Å². The maximum absolute atomic E-state index is 12.2. The summed E-state index contributed by atoms with van der Waals surface area (Å²) in [7, 11) is 0. The van der Waals surface area contributed by atoms with Crippen LogP contribution in [0.5, 0.6) is 0 Å². The minimum atomic E-state index is -0.121. The molecule has 1 amide bonds. The molecule has 110 valence electrons. The number of hydrogen-bond acceptors (Lipinski definition) is 2. The number of nitrogens with one attached hydrogen (secondary N) is 1. The number of hydrogen-bond donors (Lipinski definition) is 1. The predicted octanol–water partition coefficient (Wildman–Crippen LogP) is 4.46. The Morgan fingerprint density at radius 3 is 2.29 bits per heavy atom. The number of carbonyl (C=O) groups is 1. The Morgan fingerprint density at radius 1 is 1.10 bits per heavy atom. The van der Waals surface area contributed by atoms with Gasteiger partial charge in [-0.05, 0) is 46.0 Å². The molecule has 0 aliphatic rings. The maximum atomic E-state index is 12.2. The van der Waals surface area contributed by atoms with Crippen LogP contribution >= 0.6 is 15.9 Å². The number of pyridine rings is 1. The van der Waals surface area contributed by atoms with Crippen molar-refractivity contribution >= 4 is 21.8 Å². The average Bonchev–Trinajstić information content (AvgIpc) is 2.47. The lowest BCUT2D eigenvalue weighted by molar-refractivity contribution is 0.0939. The van der Waals surface area contributed by atoms with Crippen molar-refractivity contribution in [2.24, 2.45) is 0 Å². The molecule has 0 saturated carbocycles. The van der Waals surface area contributed by atoms with Crippen LogP contribution in [0.1, 0.15) is 54.2 Å².